The van der Waals surface area contributed by atoms with Crippen molar-refractivity contribution in [1.82, 2.24) is 0 Å². The first-order valence-corrected chi connectivity index (χ1v) is 5.32. The molecule has 78 valence electrons. The van der Waals surface area contributed by atoms with Crippen LogP contribution in [-0.4, -0.2) is 16.5 Å². The lowest BCUT2D eigenvalue weighted by molar-refractivity contribution is -0.120. The van der Waals surface area contributed by atoms with Gasteiger partial charge in [-0.2, -0.15) is 0 Å². The summed E-state index contributed by atoms with van der Waals surface area (Å²) in [5, 5.41) is 9.89. The van der Waals surface area contributed by atoms with Gasteiger partial charge in [0.1, 0.15) is 5.78 Å². The Morgan fingerprint density at radius 2 is 1.69 bits per heavy atom. The van der Waals surface area contributed by atoms with Crippen LogP contribution in [0.5, 0.6) is 0 Å². The molecule has 0 amide bonds. The molecule has 2 heteroatoms. The highest BCUT2D eigenvalue weighted by molar-refractivity contribution is 5.78. The summed E-state index contributed by atoms with van der Waals surface area (Å²) in [7, 11) is 0. The van der Waals surface area contributed by atoms with Crippen molar-refractivity contribution in [3.8, 4) is 0 Å². The van der Waals surface area contributed by atoms with Crippen LogP contribution < -0.4 is 0 Å². The monoisotopic (exact) mass is 186 g/mol. The molecular weight excluding hydrogens is 164 g/mol. The predicted molar refractivity (Wildman–Crippen MR) is 54.7 cm³/mol. The number of rotatable bonds is 7. The van der Waals surface area contributed by atoms with Crippen LogP contribution in [0.15, 0.2) is 0 Å². The number of carbonyl (C=O) groups is 1. The molecule has 0 spiro atoms. The third kappa shape index (κ3) is 5.04. The maximum absolute atomic E-state index is 11.2. The fourth-order valence-corrected chi connectivity index (χ4v) is 1.38. The van der Waals surface area contributed by atoms with Crippen molar-refractivity contribution < 1.29 is 9.90 Å². The van der Waals surface area contributed by atoms with E-state index in [9.17, 15) is 9.90 Å². The predicted octanol–water partition coefficient (Wildman–Crippen LogP) is 2.69. The second-order valence-electron chi connectivity index (χ2n) is 3.72. The first kappa shape index (κ1) is 12.6. The van der Waals surface area contributed by atoms with E-state index in [1.165, 1.54) is 0 Å². The summed E-state index contributed by atoms with van der Waals surface area (Å²) in [4.78, 5) is 11.2. The minimum absolute atomic E-state index is 0.280. The second-order valence-corrected chi connectivity index (χ2v) is 3.72. The summed E-state index contributed by atoms with van der Waals surface area (Å²) in [5.41, 5.74) is -0.608. The number of hydrogen-bond donors (Lipinski definition) is 1. The van der Waals surface area contributed by atoms with Crippen LogP contribution >= 0.6 is 0 Å². The molecule has 0 fully saturated rings. The van der Waals surface area contributed by atoms with Crippen molar-refractivity contribution >= 4 is 5.78 Å². The van der Waals surface area contributed by atoms with Crippen molar-refractivity contribution in [2.45, 2.75) is 64.9 Å². The number of ketones is 1. The maximum Gasteiger partial charge on any atom is 0.133 e. The first-order valence-electron chi connectivity index (χ1n) is 5.32. The lowest BCUT2D eigenvalue weighted by Gasteiger charge is -2.24. The van der Waals surface area contributed by atoms with Crippen LogP contribution in [0.2, 0.25) is 0 Å². The Kier molecular flexibility index (Phi) is 5.97. The van der Waals surface area contributed by atoms with Crippen LogP contribution in [0, 0.1) is 0 Å². The average Bonchev–Trinajstić information content (AvgIpc) is 2.15. The molecule has 1 N–H and O–H groups in total. The Balaban J connectivity index is 3.78. The van der Waals surface area contributed by atoms with Crippen molar-refractivity contribution in [2.24, 2.45) is 0 Å². The van der Waals surface area contributed by atoms with E-state index in [0.717, 1.165) is 19.3 Å². The third-order valence-electron chi connectivity index (χ3n) is 2.71. The molecule has 0 aliphatic heterocycles. The van der Waals surface area contributed by atoms with E-state index in [1.807, 2.05) is 20.8 Å². The van der Waals surface area contributed by atoms with Gasteiger partial charge in [0.15, 0.2) is 0 Å². The molecule has 0 bridgehead atoms. The van der Waals surface area contributed by atoms with Crippen molar-refractivity contribution in [2.75, 3.05) is 0 Å². The molecule has 0 aliphatic carbocycles. The summed E-state index contributed by atoms with van der Waals surface area (Å²) in [5.74, 6) is 0.280. The van der Waals surface area contributed by atoms with Gasteiger partial charge in [0.05, 0.1) is 5.60 Å². The molecule has 0 aromatic rings. The smallest absolute Gasteiger partial charge is 0.133 e. The van der Waals surface area contributed by atoms with Gasteiger partial charge in [0.25, 0.3) is 0 Å². The molecule has 13 heavy (non-hydrogen) atoms. The Bertz CT molecular complexity index is 148. The molecule has 0 aromatic carbocycles. The molecular formula is C11H22O2. The quantitative estimate of drug-likeness (QED) is 0.663. The van der Waals surface area contributed by atoms with E-state index in [2.05, 4.69) is 0 Å². The Morgan fingerprint density at radius 3 is 2.08 bits per heavy atom. The molecule has 0 rings (SSSR count). The van der Waals surface area contributed by atoms with Crippen LogP contribution in [0.3, 0.4) is 0 Å². The number of aliphatic hydroxyl groups is 1. The van der Waals surface area contributed by atoms with Gasteiger partial charge in [-0.3, -0.25) is 4.79 Å². The second kappa shape index (κ2) is 6.14. The zero-order valence-electron chi connectivity index (χ0n) is 9.10. The zero-order valence-corrected chi connectivity index (χ0v) is 9.10. The van der Waals surface area contributed by atoms with Crippen molar-refractivity contribution in [1.29, 1.82) is 0 Å². The van der Waals surface area contributed by atoms with E-state index in [-0.39, 0.29) is 5.78 Å². The summed E-state index contributed by atoms with van der Waals surface area (Å²) in [6.45, 7) is 5.94. The normalized spacial score (nSPS) is 11.7. The maximum atomic E-state index is 11.2. The Hall–Kier alpha value is -0.370. The summed E-state index contributed by atoms with van der Waals surface area (Å²) < 4.78 is 0. The minimum atomic E-state index is -0.608. The van der Waals surface area contributed by atoms with Gasteiger partial charge in [-0.25, -0.2) is 0 Å². The van der Waals surface area contributed by atoms with Gasteiger partial charge in [-0.05, 0) is 25.7 Å². The fraction of sp³-hybridized carbons (Fsp3) is 0.909. The highest BCUT2D eigenvalue weighted by Gasteiger charge is 2.22. The molecule has 0 unspecified atom stereocenters. The Labute approximate surface area is 81.3 Å². The Morgan fingerprint density at radius 1 is 1.15 bits per heavy atom. The van der Waals surface area contributed by atoms with E-state index in [4.69, 9.17) is 0 Å². The molecule has 2 nitrogen and oxygen atoms in total. The summed E-state index contributed by atoms with van der Waals surface area (Å²) in [6.07, 6.45) is 4.20. The van der Waals surface area contributed by atoms with Gasteiger partial charge in [0.2, 0.25) is 0 Å². The number of hydrogen-bond acceptors (Lipinski definition) is 2. The standard InChI is InChI=1S/C11H22O2/c1-4-7-10(12)8-9-11(13,5-2)6-3/h13H,4-9H2,1-3H3. The molecule has 0 saturated heterocycles. The highest BCUT2D eigenvalue weighted by atomic mass is 16.3. The topological polar surface area (TPSA) is 37.3 Å². The van der Waals surface area contributed by atoms with Gasteiger partial charge in [-0.15, -0.1) is 0 Å². The summed E-state index contributed by atoms with van der Waals surface area (Å²) >= 11 is 0. The lowest BCUT2D eigenvalue weighted by atomic mass is 9.90. The number of carbonyl (C=O) groups excluding carboxylic acids is 1. The highest BCUT2D eigenvalue weighted by Crippen LogP contribution is 2.21. The van der Waals surface area contributed by atoms with Crippen LogP contribution in [0.1, 0.15) is 59.3 Å². The van der Waals surface area contributed by atoms with Gasteiger partial charge in [-0.1, -0.05) is 20.8 Å². The molecule has 0 saturated carbocycles. The fourth-order valence-electron chi connectivity index (χ4n) is 1.38. The van der Waals surface area contributed by atoms with Gasteiger partial charge in [0, 0.05) is 12.8 Å². The zero-order chi connectivity index (χ0) is 10.3. The SMILES string of the molecule is CCCC(=O)CCC(O)(CC)CC. The number of Topliss-reactive ketones (excluding diaryl/α,β-unsaturated/α-hetero) is 1. The van der Waals surface area contributed by atoms with Crippen molar-refractivity contribution in [3.63, 3.8) is 0 Å². The molecule has 0 atom stereocenters. The van der Waals surface area contributed by atoms with E-state index in [1.54, 1.807) is 0 Å². The van der Waals surface area contributed by atoms with E-state index < -0.39 is 5.60 Å². The first-order chi connectivity index (χ1) is 6.08. The van der Waals surface area contributed by atoms with Crippen molar-refractivity contribution in [3.05, 3.63) is 0 Å². The molecule has 0 radical (unpaired) electrons. The summed E-state index contributed by atoms with van der Waals surface area (Å²) in [6, 6.07) is 0. The average molecular weight is 186 g/mol. The van der Waals surface area contributed by atoms with Crippen LogP contribution in [-0.2, 0) is 4.79 Å². The molecule has 0 aliphatic rings. The van der Waals surface area contributed by atoms with E-state index in [0.29, 0.717) is 19.3 Å². The van der Waals surface area contributed by atoms with Crippen LogP contribution in [0.25, 0.3) is 0 Å². The van der Waals surface area contributed by atoms with Gasteiger partial charge >= 0.3 is 0 Å². The van der Waals surface area contributed by atoms with Gasteiger partial charge < -0.3 is 5.11 Å². The largest absolute Gasteiger partial charge is 0.390 e. The lowest BCUT2D eigenvalue weighted by Crippen LogP contribution is -2.27. The van der Waals surface area contributed by atoms with E-state index >= 15 is 0 Å². The minimum Gasteiger partial charge on any atom is -0.390 e. The van der Waals surface area contributed by atoms with Crippen LogP contribution in [0.4, 0.5) is 0 Å². The molecule has 0 aromatic heterocycles. The molecule has 0 heterocycles. The third-order valence-corrected chi connectivity index (χ3v) is 2.71.